The van der Waals surface area contributed by atoms with Crippen LogP contribution in [-0.4, -0.2) is 29.7 Å². The number of rotatable bonds is 2. The lowest BCUT2D eigenvalue weighted by molar-refractivity contribution is -0.384. The number of nitro groups is 1. The van der Waals surface area contributed by atoms with Crippen molar-refractivity contribution >= 4 is 11.5 Å². The van der Waals surface area contributed by atoms with Crippen LogP contribution in [0.4, 0.5) is 10.1 Å². The summed E-state index contributed by atoms with van der Waals surface area (Å²) in [5.74, 6) is 0.389. The molecule has 0 amide bonds. The number of halogens is 1. The van der Waals surface area contributed by atoms with E-state index in [4.69, 9.17) is 0 Å². The number of aromatic amines is 1. The van der Waals surface area contributed by atoms with Crippen LogP contribution in [0.1, 0.15) is 5.82 Å². The van der Waals surface area contributed by atoms with Crippen LogP contribution >= 0.6 is 0 Å². The second-order valence-corrected chi connectivity index (χ2v) is 3.88. The van der Waals surface area contributed by atoms with Gasteiger partial charge < -0.3 is 0 Å². The van der Waals surface area contributed by atoms with Crippen LogP contribution in [0.15, 0.2) is 18.2 Å². The van der Waals surface area contributed by atoms with Gasteiger partial charge in [0.05, 0.1) is 10.5 Å². The summed E-state index contributed by atoms with van der Waals surface area (Å²) < 4.78 is 15.2. The molecule has 0 fully saturated rings. The Balaban J connectivity index is 2.19. The Kier molecular flexibility index (Phi) is 2.27. The van der Waals surface area contributed by atoms with E-state index in [1.165, 1.54) is 4.52 Å². The van der Waals surface area contributed by atoms with E-state index in [9.17, 15) is 14.5 Å². The van der Waals surface area contributed by atoms with Crippen molar-refractivity contribution in [2.75, 3.05) is 0 Å². The Morgan fingerprint density at radius 3 is 2.89 bits per heavy atom. The molecule has 0 bridgehead atoms. The predicted octanol–water partition coefficient (Wildman–Crippen LogP) is 1.48. The summed E-state index contributed by atoms with van der Waals surface area (Å²) in [6.07, 6.45) is 0. The summed E-state index contributed by atoms with van der Waals surface area (Å²) in [6.45, 7) is 1.70. The van der Waals surface area contributed by atoms with Crippen LogP contribution in [0, 0.1) is 22.9 Å². The molecule has 3 aromatic rings. The third-order valence-corrected chi connectivity index (χ3v) is 2.65. The molecule has 0 spiro atoms. The van der Waals surface area contributed by atoms with Crippen molar-refractivity contribution in [3.05, 3.63) is 40.0 Å². The maximum atomic E-state index is 13.7. The van der Waals surface area contributed by atoms with E-state index >= 15 is 0 Å². The number of nitrogens with zero attached hydrogens (tertiary/aromatic N) is 5. The number of nitro benzene ring substituents is 1. The summed E-state index contributed by atoms with van der Waals surface area (Å²) in [5.41, 5.74) is -0.195. The van der Waals surface area contributed by atoms with Gasteiger partial charge >= 0.3 is 0 Å². The molecule has 96 valence electrons. The minimum atomic E-state index is -0.604. The number of H-pyrrole nitrogens is 1. The molecule has 2 heterocycles. The van der Waals surface area contributed by atoms with Gasteiger partial charge in [-0.1, -0.05) is 0 Å². The van der Waals surface area contributed by atoms with E-state index < -0.39 is 10.7 Å². The van der Waals surface area contributed by atoms with E-state index in [0.29, 0.717) is 5.82 Å². The normalized spacial score (nSPS) is 11.1. The molecule has 19 heavy (non-hydrogen) atoms. The maximum absolute atomic E-state index is 13.7. The van der Waals surface area contributed by atoms with Gasteiger partial charge in [-0.05, 0) is 13.0 Å². The van der Waals surface area contributed by atoms with E-state index in [-0.39, 0.29) is 22.9 Å². The first-order chi connectivity index (χ1) is 9.06. The number of hydrogen-bond donors (Lipinski definition) is 1. The van der Waals surface area contributed by atoms with Crippen LogP contribution in [0.5, 0.6) is 0 Å². The standard InChI is InChI=1S/C10H7FN6O2/c1-5-13-14-10-12-9(15-16(5)10)7-4-6(17(18)19)2-3-8(7)11/h2-4H,1H3,(H,12,14,15). The fourth-order valence-corrected chi connectivity index (χ4v) is 1.71. The van der Waals surface area contributed by atoms with E-state index in [1.54, 1.807) is 6.92 Å². The van der Waals surface area contributed by atoms with Gasteiger partial charge in [0.25, 0.3) is 11.5 Å². The van der Waals surface area contributed by atoms with Gasteiger partial charge in [-0.25, -0.2) is 8.91 Å². The lowest BCUT2D eigenvalue weighted by Gasteiger charge is -1.99. The fraction of sp³-hybridized carbons (Fsp3) is 0.100. The van der Waals surface area contributed by atoms with E-state index in [2.05, 4.69) is 20.3 Å². The van der Waals surface area contributed by atoms with E-state index in [1.807, 2.05) is 0 Å². The first-order valence-corrected chi connectivity index (χ1v) is 5.28. The van der Waals surface area contributed by atoms with Crippen LogP contribution < -0.4 is 0 Å². The summed E-state index contributed by atoms with van der Waals surface area (Å²) in [4.78, 5) is 14.1. The molecule has 1 aromatic carbocycles. The van der Waals surface area contributed by atoms with Crippen LogP contribution in [0.2, 0.25) is 0 Å². The molecule has 3 rings (SSSR count). The molecule has 8 nitrogen and oxygen atoms in total. The largest absolute Gasteiger partial charge is 0.272 e. The van der Waals surface area contributed by atoms with Crippen molar-refractivity contribution in [1.29, 1.82) is 0 Å². The number of aryl methyl sites for hydroxylation is 1. The molecule has 0 unspecified atom stereocenters. The van der Waals surface area contributed by atoms with Crippen molar-refractivity contribution in [2.45, 2.75) is 6.92 Å². The Hall–Kier alpha value is -2.84. The van der Waals surface area contributed by atoms with Crippen molar-refractivity contribution in [2.24, 2.45) is 0 Å². The van der Waals surface area contributed by atoms with Crippen molar-refractivity contribution in [3.8, 4) is 11.4 Å². The Labute approximate surface area is 105 Å². The minimum absolute atomic E-state index is 0.0131. The van der Waals surface area contributed by atoms with Gasteiger partial charge in [0.1, 0.15) is 5.82 Å². The zero-order valence-corrected chi connectivity index (χ0v) is 9.66. The number of nitrogens with one attached hydrogen (secondary N) is 1. The SMILES string of the molecule is Cc1nnc2nc(-c3cc([N+](=O)[O-])ccc3F)[nH]n12. The molecule has 0 saturated heterocycles. The average Bonchev–Trinajstić information content (AvgIpc) is 2.92. The molecule has 0 saturated carbocycles. The fourth-order valence-electron chi connectivity index (χ4n) is 1.71. The van der Waals surface area contributed by atoms with Gasteiger partial charge in [-0.2, -0.15) is 4.98 Å². The quantitative estimate of drug-likeness (QED) is 0.556. The Bertz CT molecular complexity index is 793. The maximum Gasteiger partial charge on any atom is 0.272 e. The number of non-ortho nitro benzene ring substituents is 1. The van der Waals surface area contributed by atoms with Gasteiger partial charge in [0, 0.05) is 12.1 Å². The summed E-state index contributed by atoms with van der Waals surface area (Å²) in [6, 6.07) is 3.25. The second kappa shape index (κ2) is 3.83. The Morgan fingerprint density at radius 2 is 2.21 bits per heavy atom. The highest BCUT2D eigenvalue weighted by atomic mass is 19.1. The third-order valence-electron chi connectivity index (χ3n) is 2.65. The minimum Gasteiger partial charge on any atom is -0.272 e. The zero-order valence-electron chi connectivity index (χ0n) is 9.66. The zero-order chi connectivity index (χ0) is 13.6. The molecule has 9 heteroatoms. The van der Waals surface area contributed by atoms with E-state index in [0.717, 1.165) is 18.2 Å². The number of fused-ring (bicyclic) bond motifs is 1. The lowest BCUT2D eigenvalue weighted by Crippen LogP contribution is -1.94. The molecule has 2 aromatic heterocycles. The average molecular weight is 262 g/mol. The van der Waals surface area contributed by atoms with Gasteiger partial charge in [-0.3, -0.25) is 15.2 Å². The van der Waals surface area contributed by atoms with Gasteiger partial charge in [0.15, 0.2) is 11.6 Å². The number of aromatic nitrogens is 5. The Morgan fingerprint density at radius 1 is 1.42 bits per heavy atom. The first-order valence-electron chi connectivity index (χ1n) is 5.28. The highest BCUT2D eigenvalue weighted by molar-refractivity contribution is 5.61. The third kappa shape index (κ3) is 1.71. The van der Waals surface area contributed by atoms with Crippen molar-refractivity contribution in [3.63, 3.8) is 0 Å². The first kappa shape index (κ1) is 11.3. The monoisotopic (exact) mass is 262 g/mol. The van der Waals surface area contributed by atoms with Crippen molar-refractivity contribution in [1.82, 2.24) is 24.8 Å². The van der Waals surface area contributed by atoms with Crippen LogP contribution in [-0.2, 0) is 0 Å². The molecule has 0 radical (unpaired) electrons. The van der Waals surface area contributed by atoms with Crippen LogP contribution in [0.3, 0.4) is 0 Å². The van der Waals surface area contributed by atoms with Gasteiger partial charge in [-0.15, -0.1) is 10.2 Å². The lowest BCUT2D eigenvalue weighted by atomic mass is 10.2. The molecule has 0 aliphatic carbocycles. The second-order valence-electron chi connectivity index (χ2n) is 3.88. The van der Waals surface area contributed by atoms with Crippen LogP contribution in [0.25, 0.3) is 17.2 Å². The smallest absolute Gasteiger partial charge is 0.272 e. The molecule has 0 aliphatic rings. The molecule has 0 aliphatic heterocycles. The summed E-state index contributed by atoms with van der Waals surface area (Å²) >= 11 is 0. The summed E-state index contributed by atoms with van der Waals surface area (Å²) in [7, 11) is 0. The molecule has 0 atom stereocenters. The van der Waals surface area contributed by atoms with Crippen molar-refractivity contribution < 1.29 is 9.31 Å². The summed E-state index contributed by atoms with van der Waals surface area (Å²) in [5, 5.41) is 21.0. The predicted molar refractivity (Wildman–Crippen MR) is 61.9 cm³/mol. The van der Waals surface area contributed by atoms with Gasteiger partial charge in [0.2, 0.25) is 0 Å². The molecular formula is C10H7FN6O2. The number of benzene rings is 1. The number of hydrogen-bond acceptors (Lipinski definition) is 5. The highest BCUT2D eigenvalue weighted by Gasteiger charge is 2.16. The topological polar surface area (TPSA) is 102 Å². The molecular weight excluding hydrogens is 255 g/mol. The molecule has 1 N–H and O–H groups in total. The highest BCUT2D eigenvalue weighted by Crippen LogP contribution is 2.24.